The molecule has 6 heteroatoms. The Morgan fingerprint density at radius 1 is 1.00 bits per heavy atom. The lowest BCUT2D eigenvalue weighted by atomic mass is 9.98. The first-order chi connectivity index (χ1) is 12.3. The van der Waals surface area contributed by atoms with Gasteiger partial charge in [0.2, 0.25) is 5.88 Å². The third-order valence-electron chi connectivity index (χ3n) is 4.56. The molecule has 6 nitrogen and oxygen atoms in total. The Labute approximate surface area is 146 Å². The van der Waals surface area contributed by atoms with E-state index in [9.17, 15) is 0 Å². The zero-order valence-electron chi connectivity index (χ0n) is 14.0. The number of nitrogens with one attached hydrogen (secondary N) is 1. The molecule has 0 aliphatic heterocycles. The van der Waals surface area contributed by atoms with Gasteiger partial charge in [0, 0.05) is 11.6 Å². The Morgan fingerprint density at radius 2 is 1.84 bits per heavy atom. The van der Waals surface area contributed by atoms with Gasteiger partial charge in [0.05, 0.1) is 11.2 Å². The van der Waals surface area contributed by atoms with Crippen molar-refractivity contribution in [1.82, 2.24) is 15.0 Å². The van der Waals surface area contributed by atoms with Crippen LogP contribution in [0.2, 0.25) is 0 Å². The number of nitrogens with zero attached hydrogens (tertiary/aromatic N) is 3. The topological polar surface area (TPSA) is 86.0 Å². The first kappa shape index (κ1) is 15.6. The second kappa shape index (κ2) is 6.93. The molecule has 25 heavy (non-hydrogen) atoms. The van der Waals surface area contributed by atoms with Gasteiger partial charge in [-0.25, -0.2) is 4.98 Å². The molecule has 1 aliphatic rings. The Morgan fingerprint density at radius 3 is 2.72 bits per heavy atom. The molecule has 3 aromatic rings. The lowest BCUT2D eigenvalue weighted by Crippen LogP contribution is -2.21. The number of benzene rings is 1. The Kier molecular flexibility index (Phi) is 4.33. The molecule has 2 heterocycles. The lowest BCUT2D eigenvalue weighted by Gasteiger charge is -2.23. The van der Waals surface area contributed by atoms with Crippen molar-refractivity contribution in [1.29, 1.82) is 0 Å². The van der Waals surface area contributed by atoms with Crippen molar-refractivity contribution in [3.63, 3.8) is 0 Å². The number of rotatable bonds is 4. The lowest BCUT2D eigenvalue weighted by molar-refractivity contribution is 0.149. The summed E-state index contributed by atoms with van der Waals surface area (Å²) in [6.45, 7) is 0. The Balaban J connectivity index is 1.61. The van der Waals surface area contributed by atoms with E-state index in [0.29, 0.717) is 17.4 Å². The van der Waals surface area contributed by atoms with E-state index in [2.05, 4.69) is 20.3 Å². The smallest absolute Gasteiger partial charge is 0.242 e. The average Bonchev–Trinajstić information content (AvgIpc) is 2.66. The summed E-state index contributed by atoms with van der Waals surface area (Å²) in [7, 11) is 0. The van der Waals surface area contributed by atoms with E-state index in [1.165, 1.54) is 25.6 Å². The summed E-state index contributed by atoms with van der Waals surface area (Å²) in [5.74, 6) is 0.997. The van der Waals surface area contributed by atoms with E-state index in [-0.39, 0.29) is 6.10 Å². The summed E-state index contributed by atoms with van der Waals surface area (Å²) in [4.78, 5) is 12.9. The summed E-state index contributed by atoms with van der Waals surface area (Å²) in [6, 6.07) is 9.89. The van der Waals surface area contributed by atoms with Gasteiger partial charge in [-0.2, -0.15) is 4.98 Å². The number of hydrogen-bond acceptors (Lipinski definition) is 6. The zero-order chi connectivity index (χ0) is 17.1. The molecule has 0 spiro atoms. The van der Waals surface area contributed by atoms with E-state index in [4.69, 9.17) is 10.5 Å². The maximum atomic E-state index is 6.26. The van der Waals surface area contributed by atoms with Gasteiger partial charge in [0.15, 0.2) is 5.82 Å². The molecule has 128 valence electrons. The van der Waals surface area contributed by atoms with Gasteiger partial charge in [-0.05, 0) is 37.8 Å². The molecule has 0 amide bonds. The van der Waals surface area contributed by atoms with Crippen molar-refractivity contribution in [2.24, 2.45) is 0 Å². The first-order valence-corrected chi connectivity index (χ1v) is 8.69. The minimum absolute atomic E-state index is 0.193. The summed E-state index contributed by atoms with van der Waals surface area (Å²) >= 11 is 0. The molecule has 0 unspecified atom stereocenters. The van der Waals surface area contributed by atoms with Crippen LogP contribution in [0.15, 0.2) is 42.9 Å². The quantitative estimate of drug-likeness (QED) is 0.748. The van der Waals surface area contributed by atoms with E-state index in [1.54, 1.807) is 6.20 Å². The van der Waals surface area contributed by atoms with Gasteiger partial charge in [0.1, 0.15) is 18.1 Å². The summed E-state index contributed by atoms with van der Waals surface area (Å²) in [5.41, 5.74) is 8.42. The molecule has 1 aliphatic carbocycles. The molecule has 0 bridgehead atoms. The van der Waals surface area contributed by atoms with Crippen LogP contribution in [0.4, 0.5) is 17.2 Å². The zero-order valence-corrected chi connectivity index (χ0v) is 14.0. The minimum atomic E-state index is 0.193. The third-order valence-corrected chi connectivity index (χ3v) is 4.56. The van der Waals surface area contributed by atoms with Gasteiger partial charge >= 0.3 is 0 Å². The van der Waals surface area contributed by atoms with E-state index in [0.717, 1.165) is 29.4 Å². The number of pyridine rings is 1. The summed E-state index contributed by atoms with van der Waals surface area (Å²) in [6.07, 6.45) is 9.23. The van der Waals surface area contributed by atoms with Crippen LogP contribution in [-0.2, 0) is 0 Å². The second-order valence-corrected chi connectivity index (χ2v) is 6.32. The minimum Gasteiger partial charge on any atom is -0.473 e. The first-order valence-electron chi connectivity index (χ1n) is 8.69. The maximum absolute atomic E-state index is 6.26. The molecular formula is C19H21N5O. The van der Waals surface area contributed by atoms with Crippen LogP contribution in [0.25, 0.3) is 10.9 Å². The predicted molar refractivity (Wildman–Crippen MR) is 99.0 cm³/mol. The fourth-order valence-electron chi connectivity index (χ4n) is 3.25. The van der Waals surface area contributed by atoms with Crippen LogP contribution >= 0.6 is 0 Å². The number of hydrogen-bond donors (Lipinski definition) is 2. The molecule has 1 fully saturated rings. The highest BCUT2D eigenvalue weighted by Crippen LogP contribution is 2.32. The van der Waals surface area contributed by atoms with Crippen LogP contribution in [0.3, 0.4) is 0 Å². The molecule has 1 aromatic carbocycles. The number of nitrogen functional groups attached to an aromatic ring is 1. The predicted octanol–water partition coefficient (Wildman–Crippen LogP) is 4.06. The van der Waals surface area contributed by atoms with Crippen molar-refractivity contribution in [3.05, 3.63) is 42.9 Å². The highest BCUT2D eigenvalue weighted by molar-refractivity contribution is 5.92. The fraction of sp³-hybridized carbons (Fsp3) is 0.316. The number of nitrogens with two attached hydrogens (primary N) is 1. The maximum Gasteiger partial charge on any atom is 0.242 e. The van der Waals surface area contributed by atoms with Gasteiger partial charge in [-0.3, -0.25) is 4.98 Å². The standard InChI is InChI=1S/C19H21N5O/c20-16-18(22-12-23-19(16)25-14-8-2-1-3-9-14)24-15-10-4-6-13-7-5-11-21-17(13)15/h4-7,10-12,14H,1-3,8-9,20H2,(H,22,23,24). The van der Waals surface area contributed by atoms with Crippen LogP contribution in [-0.4, -0.2) is 21.1 Å². The van der Waals surface area contributed by atoms with Crippen LogP contribution in [0.1, 0.15) is 32.1 Å². The van der Waals surface area contributed by atoms with Crippen molar-refractivity contribution >= 4 is 28.1 Å². The van der Waals surface area contributed by atoms with E-state index < -0.39 is 0 Å². The summed E-state index contributed by atoms with van der Waals surface area (Å²) in [5, 5.41) is 4.33. The highest BCUT2D eigenvalue weighted by Gasteiger charge is 2.18. The molecule has 2 aromatic heterocycles. The van der Waals surface area contributed by atoms with Crippen molar-refractivity contribution in [3.8, 4) is 5.88 Å². The van der Waals surface area contributed by atoms with Crippen molar-refractivity contribution < 1.29 is 4.74 Å². The van der Waals surface area contributed by atoms with Gasteiger partial charge in [0.25, 0.3) is 0 Å². The molecular weight excluding hydrogens is 314 g/mol. The second-order valence-electron chi connectivity index (χ2n) is 6.32. The van der Waals surface area contributed by atoms with Gasteiger partial charge < -0.3 is 15.8 Å². The largest absolute Gasteiger partial charge is 0.473 e. The number of aromatic nitrogens is 3. The monoisotopic (exact) mass is 335 g/mol. The molecule has 0 saturated heterocycles. The number of para-hydroxylation sites is 1. The molecule has 0 atom stereocenters. The number of anilines is 3. The Bertz CT molecular complexity index is 871. The van der Waals surface area contributed by atoms with Crippen LogP contribution in [0, 0.1) is 0 Å². The van der Waals surface area contributed by atoms with E-state index >= 15 is 0 Å². The van der Waals surface area contributed by atoms with Crippen LogP contribution in [0.5, 0.6) is 5.88 Å². The number of ether oxygens (including phenoxy) is 1. The molecule has 0 radical (unpaired) electrons. The summed E-state index contributed by atoms with van der Waals surface area (Å²) < 4.78 is 6.02. The molecule has 1 saturated carbocycles. The van der Waals surface area contributed by atoms with Gasteiger partial charge in [-0.1, -0.05) is 24.6 Å². The van der Waals surface area contributed by atoms with E-state index in [1.807, 2.05) is 30.3 Å². The van der Waals surface area contributed by atoms with Crippen molar-refractivity contribution in [2.45, 2.75) is 38.2 Å². The van der Waals surface area contributed by atoms with Crippen LogP contribution < -0.4 is 15.8 Å². The Hall–Kier alpha value is -2.89. The fourth-order valence-corrected chi connectivity index (χ4v) is 3.25. The molecule has 3 N–H and O–H groups in total. The third kappa shape index (κ3) is 3.33. The van der Waals surface area contributed by atoms with Gasteiger partial charge in [-0.15, -0.1) is 0 Å². The average molecular weight is 335 g/mol. The number of fused-ring (bicyclic) bond motifs is 1. The molecule has 4 rings (SSSR count). The highest BCUT2D eigenvalue weighted by atomic mass is 16.5. The SMILES string of the molecule is Nc1c(Nc2cccc3cccnc23)ncnc1OC1CCCCC1. The van der Waals surface area contributed by atoms with Crippen molar-refractivity contribution in [2.75, 3.05) is 11.1 Å². The normalized spacial score (nSPS) is 15.2.